The predicted octanol–water partition coefficient (Wildman–Crippen LogP) is 1.12. The normalized spacial score (nSPS) is 14.9. The zero-order valence-corrected chi connectivity index (χ0v) is 15.8. The number of likely N-dealkylation sites (N-methyl/N-ethyl adjacent to an activating group) is 1. The summed E-state index contributed by atoms with van der Waals surface area (Å²) in [6, 6.07) is 7.15. The molecule has 1 saturated heterocycles. The Bertz CT molecular complexity index is 948. The lowest BCUT2D eigenvalue weighted by molar-refractivity contribution is 0.0657. The zero-order chi connectivity index (χ0) is 19.5. The topological polar surface area (TPSA) is 89.3 Å². The van der Waals surface area contributed by atoms with Crippen molar-refractivity contribution in [1.29, 1.82) is 0 Å². The van der Waals surface area contributed by atoms with E-state index in [9.17, 15) is 4.79 Å². The van der Waals surface area contributed by atoms with Crippen LogP contribution in [0.2, 0.25) is 0 Å². The summed E-state index contributed by atoms with van der Waals surface area (Å²) in [5.41, 5.74) is 2.48. The van der Waals surface area contributed by atoms with E-state index in [2.05, 4.69) is 32.0 Å². The van der Waals surface area contributed by atoms with Crippen molar-refractivity contribution in [2.45, 2.75) is 0 Å². The van der Waals surface area contributed by atoms with E-state index in [0.717, 1.165) is 13.1 Å². The molecule has 1 fully saturated rings. The van der Waals surface area contributed by atoms with Crippen molar-refractivity contribution in [2.24, 2.45) is 0 Å². The maximum atomic E-state index is 13.0. The molecule has 0 N–H and O–H groups in total. The van der Waals surface area contributed by atoms with Crippen LogP contribution in [0.4, 0.5) is 0 Å². The van der Waals surface area contributed by atoms with Crippen molar-refractivity contribution in [3.8, 4) is 23.0 Å². The van der Waals surface area contributed by atoms with Gasteiger partial charge in [-0.05, 0) is 25.2 Å². The summed E-state index contributed by atoms with van der Waals surface area (Å²) >= 11 is 0. The molecule has 0 radical (unpaired) electrons. The van der Waals surface area contributed by atoms with Crippen molar-refractivity contribution in [1.82, 2.24) is 34.5 Å². The van der Waals surface area contributed by atoms with Crippen LogP contribution in [-0.4, -0.2) is 80.8 Å². The molecule has 0 aliphatic carbocycles. The van der Waals surface area contributed by atoms with Gasteiger partial charge in [0.15, 0.2) is 5.69 Å². The molecule has 0 saturated carbocycles. The smallest absolute Gasteiger partial charge is 0.274 e. The van der Waals surface area contributed by atoms with Gasteiger partial charge in [-0.15, -0.1) is 0 Å². The first kappa shape index (κ1) is 18.1. The number of amides is 1. The van der Waals surface area contributed by atoms with E-state index in [4.69, 9.17) is 4.74 Å². The summed E-state index contributed by atoms with van der Waals surface area (Å²) in [5.74, 6) is 0.428. The highest BCUT2D eigenvalue weighted by Gasteiger charge is 2.24. The van der Waals surface area contributed by atoms with Crippen LogP contribution in [0.5, 0.6) is 5.88 Å². The monoisotopic (exact) mass is 379 g/mol. The number of nitrogens with zero attached hydrogens (tertiary/aromatic N) is 7. The van der Waals surface area contributed by atoms with Gasteiger partial charge in [0.25, 0.3) is 5.91 Å². The standard InChI is InChI=1S/C19H21N7O2/c1-24-7-9-25(10-8-24)19(27)16-11-17(15-5-6-20-13-22-15)26(23-16)14-3-4-18(28-2)21-12-14/h3-6,11-13H,7-10H2,1-2H3. The van der Waals surface area contributed by atoms with Gasteiger partial charge in [-0.1, -0.05) is 0 Å². The molecule has 0 spiro atoms. The Morgan fingerprint density at radius 2 is 1.93 bits per heavy atom. The molecular formula is C19H21N7O2. The number of carbonyl (C=O) groups is 1. The summed E-state index contributed by atoms with van der Waals surface area (Å²) in [4.78, 5) is 29.6. The maximum absolute atomic E-state index is 13.0. The van der Waals surface area contributed by atoms with Crippen LogP contribution in [0.25, 0.3) is 17.1 Å². The molecule has 144 valence electrons. The third-order valence-corrected chi connectivity index (χ3v) is 4.74. The van der Waals surface area contributed by atoms with E-state index < -0.39 is 0 Å². The van der Waals surface area contributed by atoms with Gasteiger partial charge in [-0.25, -0.2) is 19.6 Å². The van der Waals surface area contributed by atoms with Crippen molar-refractivity contribution in [3.05, 3.63) is 48.7 Å². The highest BCUT2D eigenvalue weighted by Crippen LogP contribution is 2.23. The molecule has 1 aliphatic rings. The first-order chi connectivity index (χ1) is 13.7. The summed E-state index contributed by atoms with van der Waals surface area (Å²) < 4.78 is 6.80. The molecule has 9 nitrogen and oxygen atoms in total. The number of aromatic nitrogens is 5. The predicted molar refractivity (Wildman–Crippen MR) is 102 cm³/mol. The fourth-order valence-electron chi connectivity index (χ4n) is 3.10. The van der Waals surface area contributed by atoms with E-state index in [1.165, 1.54) is 6.33 Å². The number of hydrogen-bond donors (Lipinski definition) is 0. The molecule has 1 amide bonds. The van der Waals surface area contributed by atoms with E-state index in [1.807, 2.05) is 11.0 Å². The number of carbonyl (C=O) groups excluding carboxylic acids is 1. The fourth-order valence-corrected chi connectivity index (χ4v) is 3.10. The second-order valence-corrected chi connectivity index (χ2v) is 6.58. The molecule has 28 heavy (non-hydrogen) atoms. The average molecular weight is 379 g/mol. The molecule has 0 bridgehead atoms. The van der Waals surface area contributed by atoms with Crippen molar-refractivity contribution < 1.29 is 9.53 Å². The van der Waals surface area contributed by atoms with Gasteiger partial charge in [-0.3, -0.25) is 4.79 Å². The van der Waals surface area contributed by atoms with Gasteiger partial charge >= 0.3 is 0 Å². The van der Waals surface area contributed by atoms with Gasteiger partial charge in [0.2, 0.25) is 5.88 Å². The Labute approximate surface area is 162 Å². The SMILES string of the molecule is COc1ccc(-n2nc(C(=O)N3CCN(C)CC3)cc2-c2ccncn2)cn1. The Morgan fingerprint density at radius 1 is 1.11 bits per heavy atom. The lowest BCUT2D eigenvalue weighted by Gasteiger charge is -2.31. The molecule has 0 atom stereocenters. The molecule has 9 heteroatoms. The van der Waals surface area contributed by atoms with Gasteiger partial charge in [0.1, 0.15) is 6.33 Å². The molecular weight excluding hydrogens is 358 g/mol. The third-order valence-electron chi connectivity index (χ3n) is 4.74. The van der Waals surface area contributed by atoms with Gasteiger partial charge in [-0.2, -0.15) is 5.10 Å². The van der Waals surface area contributed by atoms with Gasteiger partial charge in [0, 0.05) is 38.4 Å². The van der Waals surface area contributed by atoms with Gasteiger partial charge < -0.3 is 14.5 Å². The number of rotatable bonds is 4. The highest BCUT2D eigenvalue weighted by atomic mass is 16.5. The number of methoxy groups -OCH3 is 1. The van der Waals surface area contributed by atoms with Gasteiger partial charge in [0.05, 0.1) is 30.4 Å². The van der Waals surface area contributed by atoms with Crippen LogP contribution in [0.15, 0.2) is 43.0 Å². The first-order valence-electron chi connectivity index (χ1n) is 9.00. The third kappa shape index (κ3) is 3.56. The molecule has 4 heterocycles. The Kier molecular flexibility index (Phi) is 4.98. The molecule has 3 aromatic heterocycles. The summed E-state index contributed by atoms with van der Waals surface area (Å²) in [5, 5.41) is 4.58. The van der Waals surface area contributed by atoms with Crippen LogP contribution in [0, 0.1) is 0 Å². The Hall–Kier alpha value is -3.33. The number of hydrogen-bond acceptors (Lipinski definition) is 7. The van der Waals surface area contributed by atoms with E-state index >= 15 is 0 Å². The van der Waals surface area contributed by atoms with E-state index in [1.54, 1.807) is 42.4 Å². The summed E-state index contributed by atoms with van der Waals surface area (Å²) in [6.07, 6.45) is 4.79. The van der Waals surface area contributed by atoms with E-state index in [0.29, 0.717) is 41.7 Å². The van der Waals surface area contributed by atoms with Crippen molar-refractivity contribution in [2.75, 3.05) is 40.3 Å². The summed E-state index contributed by atoms with van der Waals surface area (Å²) in [6.45, 7) is 3.09. The lowest BCUT2D eigenvalue weighted by Crippen LogP contribution is -2.47. The van der Waals surface area contributed by atoms with Crippen LogP contribution in [0.3, 0.4) is 0 Å². The second-order valence-electron chi connectivity index (χ2n) is 6.58. The zero-order valence-electron chi connectivity index (χ0n) is 15.8. The average Bonchev–Trinajstić information content (AvgIpc) is 3.20. The van der Waals surface area contributed by atoms with Crippen molar-refractivity contribution >= 4 is 5.91 Å². The van der Waals surface area contributed by atoms with E-state index in [-0.39, 0.29) is 5.91 Å². The minimum Gasteiger partial charge on any atom is -0.481 e. The minimum atomic E-state index is -0.0800. The molecule has 3 aromatic rings. The lowest BCUT2D eigenvalue weighted by atomic mass is 10.2. The number of pyridine rings is 1. The number of piperazine rings is 1. The van der Waals surface area contributed by atoms with Crippen molar-refractivity contribution in [3.63, 3.8) is 0 Å². The summed E-state index contributed by atoms with van der Waals surface area (Å²) in [7, 11) is 3.62. The molecule has 0 aromatic carbocycles. The quantitative estimate of drug-likeness (QED) is 0.671. The Morgan fingerprint density at radius 3 is 2.57 bits per heavy atom. The molecule has 0 unspecified atom stereocenters. The van der Waals surface area contributed by atoms with Crippen LogP contribution in [-0.2, 0) is 0 Å². The second kappa shape index (κ2) is 7.73. The first-order valence-corrected chi connectivity index (χ1v) is 9.00. The largest absolute Gasteiger partial charge is 0.481 e. The van der Waals surface area contributed by atoms with Crippen LogP contribution >= 0.6 is 0 Å². The molecule has 1 aliphatic heterocycles. The number of ether oxygens (including phenoxy) is 1. The Balaban J connectivity index is 1.72. The fraction of sp³-hybridized carbons (Fsp3) is 0.316. The van der Waals surface area contributed by atoms with Crippen LogP contribution in [0.1, 0.15) is 10.5 Å². The molecule has 4 rings (SSSR count). The maximum Gasteiger partial charge on any atom is 0.274 e. The minimum absolute atomic E-state index is 0.0800. The highest BCUT2D eigenvalue weighted by molar-refractivity contribution is 5.93. The van der Waals surface area contributed by atoms with Crippen LogP contribution < -0.4 is 4.74 Å².